The summed E-state index contributed by atoms with van der Waals surface area (Å²) < 4.78 is 39.9. The van der Waals surface area contributed by atoms with Gasteiger partial charge in [-0.3, -0.25) is 14.0 Å². The number of hydrogen-bond donors (Lipinski definition) is 1. The Morgan fingerprint density at radius 3 is 2.71 bits per heavy atom. The maximum absolute atomic E-state index is 12.8. The van der Waals surface area contributed by atoms with Gasteiger partial charge in [0, 0.05) is 11.9 Å². The predicted octanol–water partition coefficient (Wildman–Crippen LogP) is 4.49. The van der Waals surface area contributed by atoms with E-state index in [9.17, 15) is 22.8 Å². The highest BCUT2D eigenvalue weighted by atomic mass is 32.1. The van der Waals surface area contributed by atoms with Crippen LogP contribution < -0.4 is 10.9 Å². The van der Waals surface area contributed by atoms with E-state index in [2.05, 4.69) is 10.3 Å². The van der Waals surface area contributed by atoms with Crippen LogP contribution in [0, 0.1) is 6.92 Å². The molecule has 0 atom stereocenters. The van der Waals surface area contributed by atoms with Crippen molar-refractivity contribution in [2.45, 2.75) is 13.1 Å². The van der Waals surface area contributed by atoms with Crippen molar-refractivity contribution in [1.82, 2.24) is 9.38 Å². The molecule has 1 N–H and O–H groups in total. The Hall–Kier alpha value is -3.20. The molecule has 1 aromatic carbocycles. The topological polar surface area (TPSA) is 63.5 Å². The van der Waals surface area contributed by atoms with Gasteiger partial charge in [0.15, 0.2) is 0 Å². The largest absolute Gasteiger partial charge is 0.416 e. The van der Waals surface area contributed by atoms with Gasteiger partial charge < -0.3 is 5.32 Å². The van der Waals surface area contributed by atoms with Crippen molar-refractivity contribution in [3.05, 3.63) is 75.0 Å². The molecule has 9 heteroatoms. The molecular formula is C19H12F3N3O2S. The molecule has 0 fully saturated rings. The van der Waals surface area contributed by atoms with Crippen LogP contribution in [-0.2, 0) is 6.18 Å². The van der Waals surface area contributed by atoms with Gasteiger partial charge in [-0.15, -0.1) is 11.3 Å². The molecule has 0 saturated carbocycles. The molecule has 0 unspecified atom stereocenters. The fraction of sp³-hybridized carbons (Fsp3) is 0.105. The van der Waals surface area contributed by atoms with Crippen molar-refractivity contribution in [3.63, 3.8) is 0 Å². The van der Waals surface area contributed by atoms with E-state index in [1.165, 1.54) is 22.6 Å². The summed E-state index contributed by atoms with van der Waals surface area (Å²) in [6.07, 6.45) is -2.85. The monoisotopic (exact) mass is 403 g/mol. The van der Waals surface area contributed by atoms with Crippen LogP contribution >= 0.6 is 11.3 Å². The van der Waals surface area contributed by atoms with Gasteiger partial charge >= 0.3 is 6.18 Å². The molecule has 28 heavy (non-hydrogen) atoms. The summed E-state index contributed by atoms with van der Waals surface area (Å²) in [6, 6.07) is 9.30. The standard InChI is InChI=1S/C19H12F3N3O2S/c1-10-5-6-15-24-17-13(18(27)25(15)9-10)8-14(28-17)16(26)23-12-4-2-3-11(7-12)19(20,21)22/h2-9H,1H3,(H,23,26). The number of fused-ring (bicyclic) bond motifs is 2. The number of aryl methyl sites for hydroxylation is 1. The second-order valence-corrected chi connectivity index (χ2v) is 7.24. The molecule has 4 rings (SSSR count). The first-order valence-electron chi connectivity index (χ1n) is 8.13. The highest BCUT2D eigenvalue weighted by molar-refractivity contribution is 7.20. The van der Waals surface area contributed by atoms with Gasteiger partial charge in [-0.2, -0.15) is 13.2 Å². The normalized spacial score (nSPS) is 11.9. The Morgan fingerprint density at radius 2 is 1.96 bits per heavy atom. The Morgan fingerprint density at radius 1 is 1.18 bits per heavy atom. The van der Waals surface area contributed by atoms with Crippen LogP contribution in [0.3, 0.4) is 0 Å². The summed E-state index contributed by atoms with van der Waals surface area (Å²) in [5.74, 6) is -0.605. The van der Waals surface area contributed by atoms with Crippen LogP contribution in [0.1, 0.15) is 20.8 Å². The van der Waals surface area contributed by atoms with Gasteiger partial charge in [-0.1, -0.05) is 12.1 Å². The van der Waals surface area contributed by atoms with Gasteiger partial charge in [0.1, 0.15) is 10.5 Å². The third kappa shape index (κ3) is 3.24. The highest BCUT2D eigenvalue weighted by Gasteiger charge is 2.30. The lowest BCUT2D eigenvalue weighted by molar-refractivity contribution is -0.137. The smallest absolute Gasteiger partial charge is 0.321 e. The van der Waals surface area contributed by atoms with Crippen molar-refractivity contribution in [1.29, 1.82) is 0 Å². The first kappa shape index (κ1) is 18.2. The lowest BCUT2D eigenvalue weighted by Crippen LogP contribution is -2.14. The molecule has 1 amide bonds. The lowest BCUT2D eigenvalue weighted by atomic mass is 10.2. The number of anilines is 1. The van der Waals surface area contributed by atoms with Crippen LogP contribution in [0.25, 0.3) is 15.9 Å². The van der Waals surface area contributed by atoms with Crippen LogP contribution in [0.2, 0.25) is 0 Å². The molecule has 0 aliphatic heterocycles. The number of carbonyl (C=O) groups excluding carboxylic acids is 1. The van der Waals surface area contributed by atoms with E-state index >= 15 is 0 Å². The van der Waals surface area contributed by atoms with Crippen molar-refractivity contribution in [2.24, 2.45) is 0 Å². The van der Waals surface area contributed by atoms with E-state index in [4.69, 9.17) is 0 Å². The van der Waals surface area contributed by atoms with Gasteiger partial charge in [0.25, 0.3) is 11.5 Å². The van der Waals surface area contributed by atoms with Crippen molar-refractivity contribution in [2.75, 3.05) is 5.32 Å². The van der Waals surface area contributed by atoms with E-state index in [0.29, 0.717) is 10.5 Å². The number of benzene rings is 1. The fourth-order valence-electron chi connectivity index (χ4n) is 2.78. The van der Waals surface area contributed by atoms with Crippen LogP contribution in [0.5, 0.6) is 0 Å². The summed E-state index contributed by atoms with van der Waals surface area (Å²) >= 11 is 1.01. The number of thiophene rings is 1. The van der Waals surface area contributed by atoms with Crippen LogP contribution in [-0.4, -0.2) is 15.3 Å². The van der Waals surface area contributed by atoms with Crippen molar-refractivity contribution >= 4 is 38.8 Å². The second-order valence-electron chi connectivity index (χ2n) is 6.21. The molecule has 0 aliphatic carbocycles. The Bertz CT molecular complexity index is 1290. The minimum atomic E-state index is -4.50. The average Bonchev–Trinajstić information content (AvgIpc) is 3.07. The molecule has 3 aromatic heterocycles. The van der Waals surface area contributed by atoms with Gasteiger partial charge in [-0.05, 0) is 42.8 Å². The summed E-state index contributed by atoms with van der Waals surface area (Å²) in [4.78, 5) is 30.1. The molecule has 0 spiro atoms. The van der Waals surface area contributed by atoms with E-state index in [1.807, 2.05) is 13.0 Å². The van der Waals surface area contributed by atoms with E-state index in [-0.39, 0.29) is 21.5 Å². The Balaban J connectivity index is 1.71. The maximum Gasteiger partial charge on any atom is 0.416 e. The molecule has 0 radical (unpaired) electrons. The number of pyridine rings is 1. The zero-order valence-electron chi connectivity index (χ0n) is 14.4. The molecule has 3 heterocycles. The highest BCUT2D eigenvalue weighted by Crippen LogP contribution is 2.31. The number of amides is 1. The van der Waals surface area contributed by atoms with Gasteiger partial charge in [0.2, 0.25) is 0 Å². The molecule has 0 saturated heterocycles. The molecule has 0 bridgehead atoms. The zero-order chi connectivity index (χ0) is 20.1. The number of alkyl halides is 3. The van der Waals surface area contributed by atoms with Crippen LogP contribution in [0.4, 0.5) is 18.9 Å². The molecule has 0 aliphatic rings. The van der Waals surface area contributed by atoms with Gasteiger partial charge in [-0.25, -0.2) is 4.98 Å². The molecular weight excluding hydrogens is 391 g/mol. The van der Waals surface area contributed by atoms with Crippen molar-refractivity contribution < 1.29 is 18.0 Å². The van der Waals surface area contributed by atoms with E-state index < -0.39 is 17.6 Å². The molecule has 5 nitrogen and oxygen atoms in total. The van der Waals surface area contributed by atoms with E-state index in [0.717, 1.165) is 29.0 Å². The number of aromatic nitrogens is 2. The summed E-state index contributed by atoms with van der Waals surface area (Å²) in [5, 5.41) is 2.72. The number of nitrogens with one attached hydrogen (secondary N) is 1. The first-order chi connectivity index (χ1) is 13.2. The first-order valence-corrected chi connectivity index (χ1v) is 8.95. The quantitative estimate of drug-likeness (QED) is 0.537. The SMILES string of the molecule is Cc1ccc2nc3sc(C(=O)Nc4cccc(C(F)(F)F)c4)cc3c(=O)n2c1. The average molecular weight is 403 g/mol. The number of hydrogen-bond acceptors (Lipinski definition) is 4. The fourth-order valence-corrected chi connectivity index (χ4v) is 3.71. The predicted molar refractivity (Wildman–Crippen MR) is 101 cm³/mol. The second kappa shape index (κ2) is 6.45. The Labute approximate surface area is 160 Å². The summed E-state index contributed by atoms with van der Waals surface area (Å²) in [6.45, 7) is 1.84. The third-order valence-electron chi connectivity index (χ3n) is 4.12. The van der Waals surface area contributed by atoms with Crippen LogP contribution in [0.15, 0.2) is 53.5 Å². The third-order valence-corrected chi connectivity index (χ3v) is 5.15. The molecule has 142 valence electrons. The lowest BCUT2D eigenvalue weighted by Gasteiger charge is -2.09. The zero-order valence-corrected chi connectivity index (χ0v) is 15.2. The van der Waals surface area contributed by atoms with Gasteiger partial charge in [0.05, 0.1) is 15.8 Å². The number of rotatable bonds is 2. The molecule has 4 aromatic rings. The maximum atomic E-state index is 12.8. The number of halogens is 3. The number of nitrogens with zero attached hydrogens (tertiary/aromatic N) is 2. The number of carbonyl (C=O) groups is 1. The Kier molecular flexibility index (Phi) is 4.19. The minimum absolute atomic E-state index is 0.0164. The minimum Gasteiger partial charge on any atom is -0.321 e. The van der Waals surface area contributed by atoms with Crippen molar-refractivity contribution in [3.8, 4) is 0 Å². The summed E-state index contributed by atoms with van der Waals surface area (Å²) in [5.41, 5.74) is 0.187. The summed E-state index contributed by atoms with van der Waals surface area (Å²) in [7, 11) is 0. The van der Waals surface area contributed by atoms with E-state index in [1.54, 1.807) is 12.3 Å².